The van der Waals surface area contributed by atoms with Crippen molar-refractivity contribution in [3.8, 4) is 0 Å². The predicted octanol–water partition coefficient (Wildman–Crippen LogP) is 2.82. The molecule has 1 heterocycles. The standard InChI is InChI=1S/C13H17NO/c1-14(12-7-3-2-4-8-12)11-13-9-5-6-10-15-13/h2-4,6-8,10,13H,5,9,11H2,1H3. The summed E-state index contributed by atoms with van der Waals surface area (Å²) >= 11 is 0. The fourth-order valence-corrected chi connectivity index (χ4v) is 1.81. The number of hydrogen-bond acceptors (Lipinski definition) is 2. The van der Waals surface area contributed by atoms with Crippen LogP contribution in [0, 0.1) is 0 Å². The zero-order valence-electron chi connectivity index (χ0n) is 9.10. The lowest BCUT2D eigenvalue weighted by atomic mass is 10.1. The lowest BCUT2D eigenvalue weighted by Gasteiger charge is -2.26. The van der Waals surface area contributed by atoms with Gasteiger partial charge in [-0.3, -0.25) is 0 Å². The number of ether oxygens (including phenoxy) is 1. The van der Waals surface area contributed by atoms with Crippen molar-refractivity contribution in [1.29, 1.82) is 0 Å². The quantitative estimate of drug-likeness (QED) is 0.749. The summed E-state index contributed by atoms with van der Waals surface area (Å²) in [5.41, 5.74) is 1.25. The predicted molar refractivity (Wildman–Crippen MR) is 63.0 cm³/mol. The molecule has 0 fully saturated rings. The van der Waals surface area contributed by atoms with Gasteiger partial charge in [0.15, 0.2) is 0 Å². The molecule has 1 atom stereocenters. The molecule has 0 bridgehead atoms. The molecule has 0 aromatic heterocycles. The molecule has 1 aliphatic heterocycles. The van der Waals surface area contributed by atoms with Gasteiger partial charge in [-0.15, -0.1) is 0 Å². The van der Waals surface area contributed by atoms with Crippen LogP contribution in [0.15, 0.2) is 42.7 Å². The van der Waals surface area contributed by atoms with Gasteiger partial charge in [0.1, 0.15) is 6.10 Å². The first kappa shape index (κ1) is 10.1. The summed E-state index contributed by atoms with van der Waals surface area (Å²) in [6.45, 7) is 0.953. The molecule has 15 heavy (non-hydrogen) atoms. The Morgan fingerprint density at radius 3 is 2.80 bits per heavy atom. The van der Waals surface area contributed by atoms with Crippen molar-refractivity contribution >= 4 is 5.69 Å². The van der Waals surface area contributed by atoms with Gasteiger partial charge in [0.05, 0.1) is 12.8 Å². The Balaban J connectivity index is 1.92. The molecule has 0 aliphatic carbocycles. The molecule has 1 unspecified atom stereocenters. The summed E-state index contributed by atoms with van der Waals surface area (Å²) in [6, 6.07) is 10.4. The summed E-state index contributed by atoms with van der Waals surface area (Å²) in [5, 5.41) is 0. The number of nitrogens with zero attached hydrogens (tertiary/aromatic N) is 1. The first-order valence-electron chi connectivity index (χ1n) is 5.43. The van der Waals surface area contributed by atoms with Gasteiger partial charge in [-0.05, 0) is 31.1 Å². The highest BCUT2D eigenvalue weighted by atomic mass is 16.5. The third kappa shape index (κ3) is 2.75. The number of hydrogen-bond donors (Lipinski definition) is 0. The summed E-state index contributed by atoms with van der Waals surface area (Å²) in [5.74, 6) is 0. The molecule has 2 rings (SSSR count). The fraction of sp³-hybridized carbons (Fsp3) is 0.385. The van der Waals surface area contributed by atoms with Gasteiger partial charge >= 0.3 is 0 Å². The minimum absolute atomic E-state index is 0.334. The Kier molecular flexibility index (Phi) is 3.28. The van der Waals surface area contributed by atoms with Crippen LogP contribution in [0.3, 0.4) is 0 Å². The van der Waals surface area contributed by atoms with E-state index >= 15 is 0 Å². The first-order valence-corrected chi connectivity index (χ1v) is 5.43. The van der Waals surface area contributed by atoms with Crippen LogP contribution in [-0.4, -0.2) is 19.7 Å². The lowest BCUT2D eigenvalue weighted by Crippen LogP contribution is -2.30. The number of para-hydroxylation sites is 1. The maximum atomic E-state index is 5.55. The van der Waals surface area contributed by atoms with Crippen LogP contribution in [-0.2, 0) is 4.74 Å². The minimum atomic E-state index is 0.334. The summed E-state index contributed by atoms with van der Waals surface area (Å²) in [7, 11) is 2.11. The van der Waals surface area contributed by atoms with E-state index in [0.29, 0.717) is 6.10 Å². The molecule has 1 aliphatic rings. The van der Waals surface area contributed by atoms with E-state index in [1.165, 1.54) is 5.69 Å². The SMILES string of the molecule is CN(CC1CCC=CO1)c1ccccc1. The second-order valence-electron chi connectivity index (χ2n) is 3.92. The zero-order chi connectivity index (χ0) is 10.5. The van der Waals surface area contributed by atoms with Crippen molar-refractivity contribution in [2.45, 2.75) is 18.9 Å². The van der Waals surface area contributed by atoms with Gasteiger partial charge in [-0.2, -0.15) is 0 Å². The Hall–Kier alpha value is -1.44. The van der Waals surface area contributed by atoms with Gasteiger partial charge < -0.3 is 9.64 Å². The topological polar surface area (TPSA) is 12.5 Å². The van der Waals surface area contributed by atoms with Crippen LogP contribution in [0.5, 0.6) is 0 Å². The van der Waals surface area contributed by atoms with Gasteiger partial charge in [0.25, 0.3) is 0 Å². The highest BCUT2D eigenvalue weighted by Gasteiger charge is 2.13. The maximum Gasteiger partial charge on any atom is 0.115 e. The number of likely N-dealkylation sites (N-methyl/N-ethyl adjacent to an activating group) is 1. The van der Waals surface area contributed by atoms with Crippen molar-refractivity contribution in [2.24, 2.45) is 0 Å². The number of anilines is 1. The van der Waals surface area contributed by atoms with Crippen LogP contribution in [0.4, 0.5) is 5.69 Å². The van der Waals surface area contributed by atoms with Gasteiger partial charge in [0.2, 0.25) is 0 Å². The Morgan fingerprint density at radius 1 is 1.33 bits per heavy atom. The van der Waals surface area contributed by atoms with E-state index < -0.39 is 0 Å². The van der Waals surface area contributed by atoms with Crippen LogP contribution in [0.1, 0.15) is 12.8 Å². The van der Waals surface area contributed by atoms with Crippen molar-refractivity contribution < 1.29 is 4.74 Å². The maximum absolute atomic E-state index is 5.55. The summed E-state index contributed by atoms with van der Waals surface area (Å²) < 4.78 is 5.55. The van der Waals surface area contributed by atoms with Gasteiger partial charge in [0, 0.05) is 12.7 Å². The zero-order valence-corrected chi connectivity index (χ0v) is 9.10. The molecule has 1 aromatic carbocycles. The summed E-state index contributed by atoms with van der Waals surface area (Å²) in [4.78, 5) is 2.24. The molecule has 0 radical (unpaired) electrons. The molecule has 0 saturated heterocycles. The molecule has 0 amide bonds. The number of allylic oxidation sites excluding steroid dienone is 1. The van der Waals surface area contributed by atoms with Crippen molar-refractivity contribution in [1.82, 2.24) is 0 Å². The largest absolute Gasteiger partial charge is 0.497 e. The van der Waals surface area contributed by atoms with Gasteiger partial charge in [-0.25, -0.2) is 0 Å². The van der Waals surface area contributed by atoms with E-state index in [4.69, 9.17) is 4.74 Å². The van der Waals surface area contributed by atoms with E-state index in [0.717, 1.165) is 19.4 Å². The molecular formula is C13H17NO. The average molecular weight is 203 g/mol. The minimum Gasteiger partial charge on any atom is -0.497 e. The highest BCUT2D eigenvalue weighted by molar-refractivity contribution is 5.45. The third-order valence-corrected chi connectivity index (χ3v) is 2.70. The highest BCUT2D eigenvalue weighted by Crippen LogP contribution is 2.16. The third-order valence-electron chi connectivity index (χ3n) is 2.70. The first-order chi connectivity index (χ1) is 7.36. The van der Waals surface area contributed by atoms with Crippen molar-refractivity contribution in [3.05, 3.63) is 42.7 Å². The Bertz CT molecular complexity index is 321. The van der Waals surface area contributed by atoms with E-state index in [1.807, 2.05) is 12.3 Å². The molecule has 0 spiro atoms. The normalized spacial score (nSPS) is 19.7. The smallest absolute Gasteiger partial charge is 0.115 e. The monoisotopic (exact) mass is 203 g/mol. The summed E-state index contributed by atoms with van der Waals surface area (Å²) in [6.07, 6.45) is 6.49. The lowest BCUT2D eigenvalue weighted by molar-refractivity contribution is 0.130. The Morgan fingerprint density at radius 2 is 2.13 bits per heavy atom. The van der Waals surface area contributed by atoms with Crippen molar-refractivity contribution in [2.75, 3.05) is 18.5 Å². The molecule has 2 heteroatoms. The molecule has 80 valence electrons. The fourth-order valence-electron chi connectivity index (χ4n) is 1.81. The number of benzene rings is 1. The van der Waals surface area contributed by atoms with Crippen LogP contribution in [0.25, 0.3) is 0 Å². The van der Waals surface area contributed by atoms with E-state index in [1.54, 1.807) is 0 Å². The van der Waals surface area contributed by atoms with Gasteiger partial charge in [-0.1, -0.05) is 18.2 Å². The average Bonchev–Trinajstić information content (AvgIpc) is 2.31. The van der Waals surface area contributed by atoms with Crippen LogP contribution >= 0.6 is 0 Å². The molecule has 0 N–H and O–H groups in total. The second kappa shape index (κ2) is 4.87. The molecule has 2 nitrogen and oxygen atoms in total. The molecule has 0 saturated carbocycles. The Labute approximate surface area is 91.2 Å². The van der Waals surface area contributed by atoms with E-state index in [2.05, 4.69) is 42.3 Å². The van der Waals surface area contributed by atoms with E-state index in [9.17, 15) is 0 Å². The molecule has 1 aromatic rings. The molecular weight excluding hydrogens is 186 g/mol. The second-order valence-corrected chi connectivity index (χ2v) is 3.92. The van der Waals surface area contributed by atoms with Crippen molar-refractivity contribution in [3.63, 3.8) is 0 Å². The van der Waals surface area contributed by atoms with E-state index in [-0.39, 0.29) is 0 Å². The van der Waals surface area contributed by atoms with Crippen LogP contribution in [0.2, 0.25) is 0 Å². The number of rotatable bonds is 3. The van der Waals surface area contributed by atoms with Crippen LogP contribution < -0.4 is 4.90 Å².